The lowest BCUT2D eigenvalue weighted by Crippen LogP contribution is -2.14. The van der Waals surface area contributed by atoms with Crippen LogP contribution >= 0.6 is 0 Å². The Morgan fingerprint density at radius 2 is 2.22 bits per heavy atom. The Balaban J connectivity index is 2.41. The maximum absolute atomic E-state index is 11.5. The van der Waals surface area contributed by atoms with Crippen LogP contribution in [0.4, 0.5) is 0 Å². The summed E-state index contributed by atoms with van der Waals surface area (Å²) in [6.45, 7) is 2.39. The van der Waals surface area contributed by atoms with Gasteiger partial charge in [0.1, 0.15) is 6.61 Å². The van der Waals surface area contributed by atoms with Crippen LogP contribution in [0.25, 0.3) is 0 Å². The molecule has 1 fully saturated rings. The second kappa shape index (κ2) is 5.24. The number of aryl methyl sites for hydroxylation is 1. The molecule has 1 amide bonds. The van der Waals surface area contributed by atoms with Crippen molar-refractivity contribution in [3.63, 3.8) is 0 Å². The number of benzene rings is 1. The van der Waals surface area contributed by atoms with E-state index < -0.39 is 0 Å². The van der Waals surface area contributed by atoms with Crippen molar-refractivity contribution in [2.45, 2.75) is 25.7 Å². The lowest BCUT2D eigenvalue weighted by atomic mass is 9.96. The zero-order valence-electron chi connectivity index (χ0n) is 10.7. The summed E-state index contributed by atoms with van der Waals surface area (Å²) in [4.78, 5) is 11.5. The molecule has 1 saturated carbocycles. The van der Waals surface area contributed by atoms with Crippen LogP contribution in [0, 0.1) is 18.8 Å². The molecule has 94 valence electrons. The quantitative estimate of drug-likeness (QED) is 0.825. The summed E-state index contributed by atoms with van der Waals surface area (Å²) in [6, 6.07) is 3.86. The second-order valence-electron chi connectivity index (χ2n) is 4.63. The van der Waals surface area contributed by atoms with E-state index in [1.165, 1.54) is 0 Å². The van der Waals surface area contributed by atoms with Crippen LogP contribution in [0.15, 0.2) is 12.1 Å². The first-order valence-electron chi connectivity index (χ1n) is 6.05. The van der Waals surface area contributed by atoms with Gasteiger partial charge in [0, 0.05) is 18.2 Å². The number of carbonyl (C=O) groups excluding carboxylic acids is 1. The van der Waals surface area contributed by atoms with Crippen LogP contribution in [0.1, 0.15) is 45.8 Å². The predicted molar refractivity (Wildman–Crippen MR) is 70.4 cm³/mol. The van der Waals surface area contributed by atoms with Crippen LogP contribution in [-0.2, 0) is 4.74 Å². The van der Waals surface area contributed by atoms with E-state index in [2.05, 4.69) is 17.9 Å². The van der Waals surface area contributed by atoms with Gasteiger partial charge in [-0.2, -0.15) is 0 Å². The molecular formula is C15H17NO2. The van der Waals surface area contributed by atoms with E-state index >= 15 is 0 Å². The van der Waals surface area contributed by atoms with Gasteiger partial charge in [-0.05, 0) is 42.9 Å². The minimum atomic E-state index is -0.369. The van der Waals surface area contributed by atoms with Crippen molar-refractivity contribution in [2.75, 3.05) is 13.7 Å². The number of primary amides is 1. The van der Waals surface area contributed by atoms with E-state index in [4.69, 9.17) is 10.5 Å². The molecule has 0 radical (unpaired) electrons. The maximum Gasteiger partial charge on any atom is 0.249 e. The first-order chi connectivity index (χ1) is 8.63. The Bertz CT molecular complexity index is 533. The molecule has 1 aromatic rings. The second-order valence-corrected chi connectivity index (χ2v) is 4.63. The lowest BCUT2D eigenvalue weighted by molar-refractivity contribution is 0.0999. The largest absolute Gasteiger partial charge is 0.372 e. The molecule has 3 nitrogen and oxygen atoms in total. The standard InChI is InChI=1S/C15H17NO2/c1-10-8-13(11-5-6-11)14(15(16)17)9-12(10)4-3-7-18-2/h8-9,11H,5-7H2,1-2H3,(H2,16,17). The maximum atomic E-state index is 11.5. The highest BCUT2D eigenvalue weighted by Gasteiger charge is 2.28. The number of methoxy groups -OCH3 is 1. The third kappa shape index (κ3) is 2.72. The van der Waals surface area contributed by atoms with Gasteiger partial charge in [-0.1, -0.05) is 17.9 Å². The summed E-state index contributed by atoms with van der Waals surface area (Å²) in [5.41, 5.74) is 9.08. The number of amides is 1. The van der Waals surface area contributed by atoms with E-state index in [1.54, 1.807) is 7.11 Å². The van der Waals surface area contributed by atoms with Gasteiger partial charge in [-0.3, -0.25) is 4.79 Å². The Kier molecular flexibility index (Phi) is 3.69. The monoisotopic (exact) mass is 243 g/mol. The van der Waals surface area contributed by atoms with E-state index in [0.717, 1.165) is 29.5 Å². The molecular weight excluding hydrogens is 226 g/mol. The number of hydrogen-bond donors (Lipinski definition) is 1. The Morgan fingerprint density at radius 1 is 1.50 bits per heavy atom. The minimum absolute atomic E-state index is 0.369. The smallest absolute Gasteiger partial charge is 0.249 e. The molecule has 2 rings (SSSR count). The van der Waals surface area contributed by atoms with Crippen LogP contribution in [0.5, 0.6) is 0 Å². The SMILES string of the molecule is COCC#Cc1cc(C(N)=O)c(C2CC2)cc1C. The fraction of sp³-hybridized carbons (Fsp3) is 0.400. The highest BCUT2D eigenvalue weighted by molar-refractivity contribution is 5.95. The fourth-order valence-electron chi connectivity index (χ4n) is 2.01. The first-order valence-corrected chi connectivity index (χ1v) is 6.05. The van der Waals surface area contributed by atoms with Crippen molar-refractivity contribution < 1.29 is 9.53 Å². The van der Waals surface area contributed by atoms with Crippen molar-refractivity contribution >= 4 is 5.91 Å². The van der Waals surface area contributed by atoms with Crippen LogP contribution in [0.3, 0.4) is 0 Å². The van der Waals surface area contributed by atoms with Crippen molar-refractivity contribution in [3.8, 4) is 11.8 Å². The summed E-state index contributed by atoms with van der Waals surface area (Å²) in [6.07, 6.45) is 2.29. The van der Waals surface area contributed by atoms with E-state index in [0.29, 0.717) is 18.1 Å². The minimum Gasteiger partial charge on any atom is -0.372 e. The Morgan fingerprint density at radius 3 is 2.78 bits per heavy atom. The number of rotatable bonds is 3. The Hall–Kier alpha value is -1.79. The van der Waals surface area contributed by atoms with Gasteiger partial charge in [-0.15, -0.1) is 0 Å². The molecule has 0 aromatic heterocycles. The normalized spacial score (nSPS) is 13.9. The van der Waals surface area contributed by atoms with Gasteiger partial charge in [0.05, 0.1) is 0 Å². The lowest BCUT2D eigenvalue weighted by Gasteiger charge is -2.09. The highest BCUT2D eigenvalue weighted by Crippen LogP contribution is 2.42. The molecule has 0 unspecified atom stereocenters. The molecule has 18 heavy (non-hydrogen) atoms. The van der Waals surface area contributed by atoms with Gasteiger partial charge in [0.15, 0.2) is 0 Å². The molecule has 0 aliphatic heterocycles. The third-order valence-electron chi connectivity index (χ3n) is 3.12. The van der Waals surface area contributed by atoms with Crippen molar-refractivity contribution in [1.82, 2.24) is 0 Å². The van der Waals surface area contributed by atoms with Crippen molar-refractivity contribution in [1.29, 1.82) is 0 Å². The van der Waals surface area contributed by atoms with E-state index in [9.17, 15) is 4.79 Å². The highest BCUT2D eigenvalue weighted by atomic mass is 16.5. The predicted octanol–water partition coefficient (Wildman–Crippen LogP) is 1.97. The molecule has 0 spiro atoms. The summed E-state index contributed by atoms with van der Waals surface area (Å²) in [5, 5.41) is 0. The molecule has 0 atom stereocenters. The number of nitrogens with two attached hydrogens (primary N) is 1. The average molecular weight is 243 g/mol. The summed E-state index contributed by atoms with van der Waals surface area (Å²) < 4.78 is 4.89. The van der Waals surface area contributed by atoms with Gasteiger partial charge < -0.3 is 10.5 Å². The molecule has 0 heterocycles. The number of carbonyl (C=O) groups is 1. The van der Waals surface area contributed by atoms with Crippen LogP contribution in [-0.4, -0.2) is 19.6 Å². The molecule has 1 aromatic carbocycles. The molecule has 1 aliphatic rings. The first kappa shape index (κ1) is 12.7. The van der Waals surface area contributed by atoms with E-state index in [-0.39, 0.29) is 5.91 Å². The van der Waals surface area contributed by atoms with Crippen LogP contribution < -0.4 is 5.73 Å². The average Bonchev–Trinajstić information content (AvgIpc) is 3.14. The van der Waals surface area contributed by atoms with Gasteiger partial charge >= 0.3 is 0 Å². The summed E-state index contributed by atoms with van der Waals surface area (Å²) in [5.74, 6) is 6.05. The molecule has 0 bridgehead atoms. The fourth-order valence-corrected chi connectivity index (χ4v) is 2.01. The van der Waals surface area contributed by atoms with Crippen molar-refractivity contribution in [2.24, 2.45) is 5.73 Å². The molecule has 0 saturated heterocycles. The third-order valence-corrected chi connectivity index (χ3v) is 3.12. The summed E-state index contributed by atoms with van der Waals surface area (Å²) in [7, 11) is 1.60. The molecule has 2 N–H and O–H groups in total. The van der Waals surface area contributed by atoms with E-state index in [1.807, 2.05) is 13.0 Å². The zero-order valence-corrected chi connectivity index (χ0v) is 10.7. The molecule has 1 aliphatic carbocycles. The van der Waals surface area contributed by atoms with Crippen LogP contribution in [0.2, 0.25) is 0 Å². The summed E-state index contributed by atoms with van der Waals surface area (Å²) >= 11 is 0. The zero-order chi connectivity index (χ0) is 13.1. The van der Waals surface area contributed by atoms with Gasteiger partial charge in [-0.25, -0.2) is 0 Å². The Labute approximate surface area is 107 Å². The topological polar surface area (TPSA) is 52.3 Å². The van der Waals surface area contributed by atoms with Gasteiger partial charge in [0.2, 0.25) is 5.91 Å². The number of ether oxygens (including phenoxy) is 1. The van der Waals surface area contributed by atoms with Gasteiger partial charge in [0.25, 0.3) is 0 Å². The van der Waals surface area contributed by atoms with Crippen molar-refractivity contribution in [3.05, 3.63) is 34.4 Å². The number of hydrogen-bond acceptors (Lipinski definition) is 2. The molecule has 3 heteroatoms.